The maximum atomic E-state index is 11.8. The lowest BCUT2D eigenvalue weighted by Gasteiger charge is -2.44. The van der Waals surface area contributed by atoms with Crippen LogP contribution in [0.3, 0.4) is 0 Å². The molecule has 0 heterocycles. The molecule has 0 aromatic carbocycles. The van der Waals surface area contributed by atoms with E-state index in [1.165, 1.54) is 6.42 Å². The number of Topliss-reactive ketones (excluding diaryl/α,β-unsaturated/α-hetero) is 1. The molecule has 2 rings (SSSR count). The van der Waals surface area contributed by atoms with E-state index in [9.17, 15) is 4.79 Å². The number of fused-ring (bicyclic) bond motifs is 2. The van der Waals surface area contributed by atoms with Gasteiger partial charge < -0.3 is 0 Å². The maximum Gasteiger partial charge on any atom is 0.139 e. The molecule has 2 aliphatic rings. The normalized spacial score (nSPS) is 44.9. The van der Waals surface area contributed by atoms with E-state index in [0.717, 1.165) is 25.2 Å². The fourth-order valence-electron chi connectivity index (χ4n) is 3.18. The molecule has 0 amide bonds. The lowest BCUT2D eigenvalue weighted by molar-refractivity contribution is -0.137. The van der Waals surface area contributed by atoms with Crippen LogP contribution in [0.25, 0.3) is 0 Å². The third-order valence-corrected chi connectivity index (χ3v) is 4.77. The van der Waals surface area contributed by atoms with Gasteiger partial charge in [-0.2, -0.15) is 0 Å². The molecule has 2 aliphatic carbocycles. The fraction of sp³-hybridized carbons (Fsp3) is 0.909. The highest BCUT2D eigenvalue weighted by Crippen LogP contribution is 2.61. The van der Waals surface area contributed by atoms with Gasteiger partial charge in [0.25, 0.3) is 0 Å². The van der Waals surface area contributed by atoms with Crippen LogP contribution in [0.15, 0.2) is 0 Å². The maximum absolute atomic E-state index is 11.8. The predicted octanol–water partition coefficient (Wildman–Crippen LogP) is 2.79. The van der Waals surface area contributed by atoms with Gasteiger partial charge in [0.05, 0.1) is 0 Å². The smallest absolute Gasteiger partial charge is 0.139 e. The Morgan fingerprint density at radius 1 is 1.25 bits per heavy atom. The zero-order chi connectivity index (χ0) is 8.98. The van der Waals surface area contributed by atoms with Crippen molar-refractivity contribution in [1.29, 1.82) is 0 Å². The SMILES string of the molecule is CC1(C)[C@H]2CCC(=O)[C@@]1(C)CC2. The van der Waals surface area contributed by atoms with Crippen molar-refractivity contribution < 1.29 is 4.79 Å². The van der Waals surface area contributed by atoms with Crippen LogP contribution in [-0.2, 0) is 4.79 Å². The van der Waals surface area contributed by atoms with E-state index in [4.69, 9.17) is 0 Å². The predicted molar refractivity (Wildman–Crippen MR) is 48.9 cm³/mol. The number of hydrogen-bond acceptors (Lipinski definition) is 1. The van der Waals surface area contributed by atoms with Gasteiger partial charge in [-0.25, -0.2) is 0 Å². The number of ketones is 1. The highest BCUT2D eigenvalue weighted by Gasteiger charge is 2.57. The van der Waals surface area contributed by atoms with E-state index >= 15 is 0 Å². The summed E-state index contributed by atoms with van der Waals surface area (Å²) in [5, 5.41) is 0. The molecule has 2 saturated carbocycles. The minimum atomic E-state index is 0.00984. The van der Waals surface area contributed by atoms with Crippen molar-refractivity contribution in [2.45, 2.75) is 46.5 Å². The second-order valence-corrected chi connectivity index (χ2v) is 5.25. The molecule has 0 aliphatic heterocycles. The van der Waals surface area contributed by atoms with Crippen molar-refractivity contribution >= 4 is 5.78 Å². The summed E-state index contributed by atoms with van der Waals surface area (Å²) in [5.74, 6) is 1.32. The summed E-state index contributed by atoms with van der Waals surface area (Å²) in [6.07, 6.45) is 4.38. The van der Waals surface area contributed by atoms with Crippen LogP contribution in [0, 0.1) is 16.7 Å². The molecule has 0 spiro atoms. The van der Waals surface area contributed by atoms with E-state index in [1.807, 2.05) is 0 Å². The Morgan fingerprint density at radius 3 is 2.50 bits per heavy atom. The Morgan fingerprint density at radius 2 is 1.92 bits per heavy atom. The molecule has 0 unspecified atom stereocenters. The van der Waals surface area contributed by atoms with Crippen LogP contribution < -0.4 is 0 Å². The first-order valence-electron chi connectivity index (χ1n) is 5.02. The zero-order valence-electron chi connectivity index (χ0n) is 8.31. The Kier molecular flexibility index (Phi) is 1.47. The number of hydrogen-bond donors (Lipinski definition) is 0. The van der Waals surface area contributed by atoms with Gasteiger partial charge in [-0.05, 0) is 30.6 Å². The van der Waals surface area contributed by atoms with Crippen molar-refractivity contribution in [2.75, 3.05) is 0 Å². The molecule has 68 valence electrons. The first-order valence-corrected chi connectivity index (χ1v) is 5.02. The monoisotopic (exact) mass is 166 g/mol. The summed E-state index contributed by atoms with van der Waals surface area (Å²) in [6.45, 7) is 6.73. The van der Waals surface area contributed by atoms with Gasteiger partial charge in [-0.1, -0.05) is 20.8 Å². The lowest BCUT2D eigenvalue weighted by Crippen LogP contribution is -2.44. The first kappa shape index (κ1) is 8.28. The Bertz CT molecular complexity index is 229. The van der Waals surface area contributed by atoms with E-state index in [-0.39, 0.29) is 10.8 Å². The number of carbonyl (C=O) groups is 1. The van der Waals surface area contributed by atoms with E-state index in [2.05, 4.69) is 20.8 Å². The summed E-state index contributed by atoms with van der Waals surface area (Å²) in [7, 11) is 0. The Balaban J connectivity index is 2.43. The first-order chi connectivity index (χ1) is 5.48. The summed E-state index contributed by atoms with van der Waals surface area (Å²) in [5.41, 5.74) is 0.276. The topological polar surface area (TPSA) is 17.1 Å². The molecule has 0 N–H and O–H groups in total. The third kappa shape index (κ3) is 0.725. The molecule has 12 heavy (non-hydrogen) atoms. The van der Waals surface area contributed by atoms with Gasteiger partial charge >= 0.3 is 0 Å². The third-order valence-electron chi connectivity index (χ3n) is 4.77. The minimum Gasteiger partial charge on any atom is -0.299 e. The molecule has 0 aromatic rings. The highest BCUT2D eigenvalue weighted by molar-refractivity contribution is 5.86. The van der Waals surface area contributed by atoms with E-state index in [0.29, 0.717) is 5.78 Å². The molecule has 2 fully saturated rings. The Hall–Kier alpha value is -0.330. The molecular weight excluding hydrogens is 148 g/mol. The zero-order valence-corrected chi connectivity index (χ0v) is 8.31. The summed E-state index contributed by atoms with van der Waals surface area (Å²) in [4.78, 5) is 11.8. The average molecular weight is 166 g/mol. The summed E-state index contributed by atoms with van der Waals surface area (Å²) < 4.78 is 0. The Labute approximate surface area is 74.5 Å². The molecule has 1 nitrogen and oxygen atoms in total. The van der Waals surface area contributed by atoms with Gasteiger partial charge in [0, 0.05) is 11.8 Å². The van der Waals surface area contributed by atoms with Gasteiger partial charge in [-0.3, -0.25) is 4.79 Å². The number of carbonyl (C=O) groups excluding carboxylic acids is 1. The van der Waals surface area contributed by atoms with Crippen LogP contribution in [0.5, 0.6) is 0 Å². The average Bonchev–Trinajstić information content (AvgIpc) is 2.17. The van der Waals surface area contributed by atoms with Crippen LogP contribution in [0.1, 0.15) is 46.5 Å². The van der Waals surface area contributed by atoms with Crippen molar-refractivity contribution in [1.82, 2.24) is 0 Å². The van der Waals surface area contributed by atoms with Gasteiger partial charge in [0.15, 0.2) is 0 Å². The molecule has 0 radical (unpaired) electrons. The standard InChI is InChI=1S/C11H18O/c1-10(2)8-4-5-9(12)11(10,3)7-6-8/h8H,4-7H2,1-3H3/t8-,11+/m0/s1. The second kappa shape index (κ2) is 2.12. The van der Waals surface area contributed by atoms with Gasteiger partial charge in [0.2, 0.25) is 0 Å². The lowest BCUT2D eigenvalue weighted by atomic mass is 9.59. The van der Waals surface area contributed by atoms with Crippen molar-refractivity contribution in [3.05, 3.63) is 0 Å². The molecule has 2 bridgehead atoms. The van der Waals surface area contributed by atoms with Crippen LogP contribution in [0.2, 0.25) is 0 Å². The van der Waals surface area contributed by atoms with E-state index < -0.39 is 0 Å². The van der Waals surface area contributed by atoms with Crippen LogP contribution in [-0.4, -0.2) is 5.78 Å². The fourth-order valence-corrected chi connectivity index (χ4v) is 3.18. The summed E-state index contributed by atoms with van der Waals surface area (Å²) >= 11 is 0. The van der Waals surface area contributed by atoms with Gasteiger partial charge in [0.1, 0.15) is 5.78 Å². The molecule has 2 atom stereocenters. The highest BCUT2D eigenvalue weighted by atomic mass is 16.1. The molecule has 0 saturated heterocycles. The summed E-state index contributed by atoms with van der Waals surface area (Å²) in [6, 6.07) is 0. The number of rotatable bonds is 0. The second-order valence-electron chi connectivity index (χ2n) is 5.25. The minimum absolute atomic E-state index is 0.00984. The van der Waals surface area contributed by atoms with Gasteiger partial charge in [-0.15, -0.1) is 0 Å². The largest absolute Gasteiger partial charge is 0.299 e. The van der Waals surface area contributed by atoms with Crippen molar-refractivity contribution in [3.63, 3.8) is 0 Å². The molecule has 0 aromatic heterocycles. The van der Waals surface area contributed by atoms with E-state index in [1.54, 1.807) is 0 Å². The van der Waals surface area contributed by atoms with Crippen LogP contribution >= 0.6 is 0 Å². The quantitative estimate of drug-likeness (QED) is 0.541. The molecular formula is C11H18O. The van der Waals surface area contributed by atoms with Crippen molar-refractivity contribution in [3.8, 4) is 0 Å². The van der Waals surface area contributed by atoms with Crippen molar-refractivity contribution in [2.24, 2.45) is 16.7 Å². The molecule has 1 heteroatoms. The van der Waals surface area contributed by atoms with Crippen LogP contribution in [0.4, 0.5) is 0 Å².